The SMILES string of the molecule is C=C(N)/C(C)=C\C(Br)=C/C. The molecule has 0 aliphatic heterocycles. The summed E-state index contributed by atoms with van der Waals surface area (Å²) in [6.07, 6.45) is 3.88. The highest BCUT2D eigenvalue weighted by Gasteiger charge is 1.89. The summed E-state index contributed by atoms with van der Waals surface area (Å²) in [7, 11) is 0. The van der Waals surface area contributed by atoms with E-state index in [9.17, 15) is 0 Å². The lowest BCUT2D eigenvalue weighted by atomic mass is 10.2. The standard InChI is InChI=1S/C8H12BrN/c1-4-8(9)5-6(2)7(3)10/h4-5H,3,10H2,1-2H3/b6-5-,8-4+. The van der Waals surface area contributed by atoms with E-state index < -0.39 is 0 Å². The van der Waals surface area contributed by atoms with Gasteiger partial charge in [-0.1, -0.05) is 28.6 Å². The summed E-state index contributed by atoms with van der Waals surface area (Å²) < 4.78 is 1.02. The van der Waals surface area contributed by atoms with Gasteiger partial charge in [0.05, 0.1) is 0 Å². The topological polar surface area (TPSA) is 26.0 Å². The van der Waals surface area contributed by atoms with Crippen LogP contribution in [0, 0.1) is 0 Å². The predicted octanol–water partition coefficient (Wildman–Crippen LogP) is 2.70. The largest absolute Gasteiger partial charge is 0.399 e. The Kier molecular flexibility index (Phi) is 4.12. The molecular weight excluding hydrogens is 190 g/mol. The summed E-state index contributed by atoms with van der Waals surface area (Å²) in [6, 6.07) is 0. The molecule has 0 fully saturated rings. The van der Waals surface area contributed by atoms with Gasteiger partial charge in [0.15, 0.2) is 0 Å². The zero-order valence-electron chi connectivity index (χ0n) is 6.32. The molecule has 2 heteroatoms. The van der Waals surface area contributed by atoms with Crippen molar-refractivity contribution in [3.8, 4) is 0 Å². The maximum absolute atomic E-state index is 5.43. The smallest absolute Gasteiger partial charge is 0.0271 e. The molecule has 0 bridgehead atoms. The molecule has 0 radical (unpaired) electrons. The number of halogens is 1. The summed E-state index contributed by atoms with van der Waals surface area (Å²) >= 11 is 3.33. The van der Waals surface area contributed by atoms with Gasteiger partial charge >= 0.3 is 0 Å². The monoisotopic (exact) mass is 201 g/mol. The van der Waals surface area contributed by atoms with Crippen LogP contribution in [0.4, 0.5) is 0 Å². The molecule has 0 heterocycles. The molecule has 1 nitrogen and oxygen atoms in total. The zero-order valence-corrected chi connectivity index (χ0v) is 7.90. The lowest BCUT2D eigenvalue weighted by Gasteiger charge is -1.96. The first-order chi connectivity index (χ1) is 4.57. The summed E-state index contributed by atoms with van der Waals surface area (Å²) in [5.41, 5.74) is 7.03. The van der Waals surface area contributed by atoms with Gasteiger partial charge in [0.1, 0.15) is 0 Å². The Labute approximate surface area is 70.4 Å². The van der Waals surface area contributed by atoms with Crippen LogP contribution < -0.4 is 5.73 Å². The van der Waals surface area contributed by atoms with Crippen molar-refractivity contribution in [2.24, 2.45) is 5.73 Å². The summed E-state index contributed by atoms with van der Waals surface area (Å²) in [6.45, 7) is 7.48. The second kappa shape index (κ2) is 4.34. The Bertz CT molecular complexity index is 189. The van der Waals surface area contributed by atoms with E-state index in [0.29, 0.717) is 5.70 Å². The lowest BCUT2D eigenvalue weighted by molar-refractivity contribution is 1.31. The fraction of sp³-hybridized carbons (Fsp3) is 0.250. The van der Waals surface area contributed by atoms with Crippen LogP contribution in [0.2, 0.25) is 0 Å². The third kappa shape index (κ3) is 3.51. The molecule has 0 aromatic rings. The number of allylic oxidation sites excluding steroid dienone is 4. The van der Waals surface area contributed by atoms with E-state index in [1.54, 1.807) is 0 Å². The molecule has 0 aromatic carbocycles. The van der Waals surface area contributed by atoms with Crippen LogP contribution in [0.1, 0.15) is 13.8 Å². The molecule has 10 heavy (non-hydrogen) atoms. The van der Waals surface area contributed by atoms with Gasteiger partial charge < -0.3 is 5.73 Å². The van der Waals surface area contributed by atoms with Crippen LogP contribution in [0.5, 0.6) is 0 Å². The molecule has 0 aliphatic rings. The van der Waals surface area contributed by atoms with E-state index in [1.165, 1.54) is 0 Å². The molecule has 0 saturated heterocycles. The fourth-order valence-electron chi connectivity index (χ4n) is 0.383. The Morgan fingerprint density at radius 1 is 1.60 bits per heavy atom. The third-order valence-corrected chi connectivity index (χ3v) is 1.82. The summed E-state index contributed by atoms with van der Waals surface area (Å²) in [5, 5.41) is 0. The maximum atomic E-state index is 5.43. The lowest BCUT2D eigenvalue weighted by Crippen LogP contribution is -1.95. The number of rotatable bonds is 2. The highest BCUT2D eigenvalue weighted by atomic mass is 79.9. The van der Waals surface area contributed by atoms with E-state index >= 15 is 0 Å². The van der Waals surface area contributed by atoms with E-state index in [-0.39, 0.29) is 0 Å². The first-order valence-corrected chi connectivity index (χ1v) is 3.82. The minimum atomic E-state index is 0.610. The molecule has 0 saturated carbocycles. The Morgan fingerprint density at radius 2 is 2.10 bits per heavy atom. The van der Waals surface area contributed by atoms with Crippen molar-refractivity contribution in [2.75, 3.05) is 0 Å². The molecule has 0 rings (SSSR count). The minimum absolute atomic E-state index is 0.610. The van der Waals surface area contributed by atoms with Crippen molar-refractivity contribution in [2.45, 2.75) is 13.8 Å². The van der Waals surface area contributed by atoms with Crippen LogP contribution in [0.3, 0.4) is 0 Å². The van der Waals surface area contributed by atoms with Gasteiger partial charge in [-0.25, -0.2) is 0 Å². The normalized spacial score (nSPS) is 13.5. The summed E-state index contributed by atoms with van der Waals surface area (Å²) in [5.74, 6) is 0. The van der Waals surface area contributed by atoms with Gasteiger partial charge in [0.25, 0.3) is 0 Å². The molecule has 0 aliphatic carbocycles. The molecule has 0 amide bonds. The van der Waals surface area contributed by atoms with Crippen molar-refractivity contribution in [1.29, 1.82) is 0 Å². The molecular formula is C8H12BrN. The van der Waals surface area contributed by atoms with E-state index in [0.717, 1.165) is 10.1 Å². The fourth-order valence-corrected chi connectivity index (χ4v) is 0.726. The highest BCUT2D eigenvalue weighted by Crippen LogP contribution is 2.11. The molecule has 2 N–H and O–H groups in total. The number of hydrogen-bond donors (Lipinski definition) is 1. The number of nitrogens with two attached hydrogens (primary N) is 1. The molecule has 0 atom stereocenters. The quantitative estimate of drug-likeness (QED) is 0.684. The Hall–Kier alpha value is -0.500. The van der Waals surface area contributed by atoms with Crippen LogP contribution in [-0.2, 0) is 0 Å². The highest BCUT2D eigenvalue weighted by molar-refractivity contribution is 9.11. The Morgan fingerprint density at radius 3 is 2.40 bits per heavy atom. The van der Waals surface area contributed by atoms with Crippen molar-refractivity contribution in [3.05, 3.63) is 34.5 Å². The molecule has 0 spiro atoms. The number of hydrogen-bond acceptors (Lipinski definition) is 1. The van der Waals surface area contributed by atoms with Crippen molar-refractivity contribution in [1.82, 2.24) is 0 Å². The molecule has 0 unspecified atom stereocenters. The van der Waals surface area contributed by atoms with Gasteiger partial charge in [-0.15, -0.1) is 0 Å². The van der Waals surface area contributed by atoms with Gasteiger partial charge in [0, 0.05) is 10.2 Å². The van der Waals surface area contributed by atoms with Crippen LogP contribution in [-0.4, -0.2) is 0 Å². The van der Waals surface area contributed by atoms with Crippen LogP contribution >= 0.6 is 15.9 Å². The predicted molar refractivity (Wildman–Crippen MR) is 49.8 cm³/mol. The second-order valence-electron chi connectivity index (χ2n) is 2.03. The van der Waals surface area contributed by atoms with Crippen molar-refractivity contribution >= 4 is 15.9 Å². The minimum Gasteiger partial charge on any atom is -0.399 e. The first kappa shape index (κ1) is 9.50. The molecule has 0 aromatic heterocycles. The third-order valence-electron chi connectivity index (χ3n) is 1.14. The van der Waals surface area contributed by atoms with Crippen LogP contribution in [0.15, 0.2) is 34.5 Å². The zero-order chi connectivity index (χ0) is 8.15. The van der Waals surface area contributed by atoms with Crippen molar-refractivity contribution in [3.63, 3.8) is 0 Å². The van der Waals surface area contributed by atoms with Gasteiger partial charge in [-0.3, -0.25) is 0 Å². The first-order valence-electron chi connectivity index (χ1n) is 3.02. The van der Waals surface area contributed by atoms with E-state index in [1.807, 2.05) is 26.0 Å². The van der Waals surface area contributed by atoms with Gasteiger partial charge in [0.2, 0.25) is 0 Å². The summed E-state index contributed by atoms with van der Waals surface area (Å²) in [4.78, 5) is 0. The average Bonchev–Trinajstić information content (AvgIpc) is 1.87. The maximum Gasteiger partial charge on any atom is 0.0271 e. The van der Waals surface area contributed by atoms with E-state index in [2.05, 4.69) is 22.5 Å². The van der Waals surface area contributed by atoms with E-state index in [4.69, 9.17) is 5.73 Å². The average molecular weight is 202 g/mol. The van der Waals surface area contributed by atoms with Crippen LogP contribution in [0.25, 0.3) is 0 Å². The second-order valence-corrected chi connectivity index (χ2v) is 2.94. The van der Waals surface area contributed by atoms with Gasteiger partial charge in [-0.2, -0.15) is 0 Å². The Balaban J connectivity index is 4.31. The van der Waals surface area contributed by atoms with Crippen molar-refractivity contribution < 1.29 is 0 Å². The molecule has 56 valence electrons. The van der Waals surface area contributed by atoms with Gasteiger partial charge in [-0.05, 0) is 25.5 Å².